The van der Waals surface area contributed by atoms with Crippen LogP contribution in [-0.2, 0) is 9.59 Å². The number of carbonyl (C=O) groups excluding carboxylic acids is 2. The molecule has 2 N–H and O–H groups in total. The van der Waals surface area contributed by atoms with Crippen molar-refractivity contribution in [2.24, 2.45) is 28.1 Å². The molecule has 0 bridgehead atoms. The molecule has 24 heavy (non-hydrogen) atoms. The molecular formula is C20H30O4. The Labute approximate surface area is 144 Å². The molecule has 3 saturated carbocycles. The third-order valence-electron chi connectivity index (χ3n) is 7.94. The molecular weight excluding hydrogens is 304 g/mol. The largest absolute Gasteiger partial charge is 0.515 e. The van der Waals surface area contributed by atoms with Gasteiger partial charge in [0.05, 0.1) is 6.26 Å². The molecule has 0 aromatic carbocycles. The van der Waals surface area contributed by atoms with E-state index in [9.17, 15) is 19.8 Å². The summed E-state index contributed by atoms with van der Waals surface area (Å²) in [6, 6.07) is 0. The summed E-state index contributed by atoms with van der Waals surface area (Å²) in [6.07, 6.45) is 6.90. The molecule has 4 heteroatoms. The lowest BCUT2D eigenvalue weighted by Crippen LogP contribution is -2.56. The molecule has 5 atom stereocenters. The Balaban J connectivity index is 1.93. The Morgan fingerprint density at radius 1 is 1.21 bits per heavy atom. The van der Waals surface area contributed by atoms with Crippen molar-refractivity contribution in [3.05, 3.63) is 11.8 Å². The number of Topliss-reactive ketones (excluding diaryl/α,β-unsaturated/α-hetero) is 2. The van der Waals surface area contributed by atoms with E-state index in [1.165, 1.54) is 0 Å². The highest BCUT2D eigenvalue weighted by Gasteiger charge is 2.60. The van der Waals surface area contributed by atoms with Crippen LogP contribution in [0.15, 0.2) is 11.8 Å². The molecule has 3 aliphatic rings. The van der Waals surface area contributed by atoms with Crippen molar-refractivity contribution in [3.63, 3.8) is 0 Å². The average molecular weight is 334 g/mol. The van der Waals surface area contributed by atoms with Crippen LogP contribution in [0, 0.1) is 28.1 Å². The van der Waals surface area contributed by atoms with Crippen LogP contribution < -0.4 is 0 Å². The van der Waals surface area contributed by atoms with Gasteiger partial charge in [0.2, 0.25) is 0 Å². The van der Waals surface area contributed by atoms with Gasteiger partial charge in [-0.25, -0.2) is 0 Å². The Morgan fingerprint density at radius 3 is 2.54 bits per heavy atom. The molecule has 4 nitrogen and oxygen atoms in total. The Morgan fingerprint density at radius 2 is 1.92 bits per heavy atom. The van der Waals surface area contributed by atoms with E-state index in [1.54, 1.807) is 0 Å². The molecule has 134 valence electrons. The maximum absolute atomic E-state index is 12.3. The zero-order valence-electron chi connectivity index (χ0n) is 15.1. The zero-order chi connectivity index (χ0) is 17.8. The summed E-state index contributed by atoms with van der Waals surface area (Å²) < 4.78 is 0. The van der Waals surface area contributed by atoms with E-state index in [1.807, 2.05) is 6.92 Å². The number of hydrogen-bond acceptors (Lipinski definition) is 4. The summed E-state index contributed by atoms with van der Waals surface area (Å²) in [5.41, 5.74) is 0.0480. The number of aliphatic hydroxyl groups excluding tert-OH is 2. The lowest BCUT2D eigenvalue weighted by molar-refractivity contribution is -0.147. The summed E-state index contributed by atoms with van der Waals surface area (Å²) in [5.74, 6) is 0.869. The second-order valence-corrected chi connectivity index (χ2v) is 9.06. The molecule has 0 heterocycles. The van der Waals surface area contributed by atoms with Crippen molar-refractivity contribution < 1.29 is 19.8 Å². The van der Waals surface area contributed by atoms with E-state index in [0.29, 0.717) is 23.8 Å². The predicted molar refractivity (Wildman–Crippen MR) is 91.4 cm³/mol. The van der Waals surface area contributed by atoms with E-state index >= 15 is 0 Å². The van der Waals surface area contributed by atoms with E-state index in [-0.39, 0.29) is 29.0 Å². The third kappa shape index (κ3) is 2.29. The van der Waals surface area contributed by atoms with Gasteiger partial charge in [0, 0.05) is 22.8 Å². The SMILES string of the molecule is C[C@@]1(C(=O)CO)CC[C@]2(C)[C@H](CC[C@@]3(C)C(=CO)C(=O)CC[C@@H]23)C1. The van der Waals surface area contributed by atoms with Gasteiger partial charge in [-0.15, -0.1) is 0 Å². The van der Waals surface area contributed by atoms with Gasteiger partial charge in [-0.3, -0.25) is 9.59 Å². The van der Waals surface area contributed by atoms with Gasteiger partial charge in [0.25, 0.3) is 0 Å². The Bertz CT molecular complexity index is 594. The second kappa shape index (κ2) is 5.69. The summed E-state index contributed by atoms with van der Waals surface area (Å²) in [6.45, 7) is 6.10. The minimum Gasteiger partial charge on any atom is -0.515 e. The highest BCUT2D eigenvalue weighted by molar-refractivity contribution is 5.97. The molecule has 0 aromatic heterocycles. The molecule has 3 aliphatic carbocycles. The number of hydrogen-bond donors (Lipinski definition) is 2. The van der Waals surface area contributed by atoms with Crippen molar-refractivity contribution in [3.8, 4) is 0 Å². The topological polar surface area (TPSA) is 74.6 Å². The number of aliphatic hydroxyl groups is 2. The second-order valence-electron chi connectivity index (χ2n) is 9.06. The van der Waals surface area contributed by atoms with E-state index in [2.05, 4.69) is 13.8 Å². The van der Waals surface area contributed by atoms with Crippen molar-refractivity contribution >= 4 is 11.6 Å². The summed E-state index contributed by atoms with van der Waals surface area (Å²) in [5, 5.41) is 19.0. The lowest BCUT2D eigenvalue weighted by atomic mass is 9.42. The zero-order valence-corrected chi connectivity index (χ0v) is 15.1. The van der Waals surface area contributed by atoms with Crippen molar-refractivity contribution in [2.75, 3.05) is 6.61 Å². The van der Waals surface area contributed by atoms with Crippen molar-refractivity contribution in [1.82, 2.24) is 0 Å². The van der Waals surface area contributed by atoms with E-state index < -0.39 is 5.41 Å². The molecule has 0 saturated heterocycles. The fraction of sp³-hybridized carbons (Fsp3) is 0.800. The molecule has 0 spiro atoms. The number of carbonyl (C=O) groups is 2. The first-order chi connectivity index (χ1) is 11.2. The first kappa shape index (κ1) is 17.7. The highest BCUT2D eigenvalue weighted by atomic mass is 16.3. The Hall–Kier alpha value is -1.16. The molecule has 0 aliphatic heterocycles. The fourth-order valence-electron chi connectivity index (χ4n) is 6.26. The standard InChI is InChI=1S/C20H30O4/c1-18(17(24)12-22)8-9-19(2)13(10-18)6-7-20(3)14(11-21)15(23)4-5-16(19)20/h11,13,16,21-22H,4-10,12H2,1-3H3/t13-,16+,18-,19-,20+/m1/s1. The summed E-state index contributed by atoms with van der Waals surface area (Å²) in [4.78, 5) is 24.5. The van der Waals surface area contributed by atoms with Gasteiger partial charge >= 0.3 is 0 Å². The summed E-state index contributed by atoms with van der Waals surface area (Å²) >= 11 is 0. The van der Waals surface area contributed by atoms with Gasteiger partial charge in [-0.1, -0.05) is 20.8 Å². The monoisotopic (exact) mass is 334 g/mol. The van der Waals surface area contributed by atoms with E-state index in [0.717, 1.165) is 44.8 Å². The smallest absolute Gasteiger partial charge is 0.164 e. The molecule has 0 radical (unpaired) electrons. The van der Waals surface area contributed by atoms with Crippen LogP contribution in [0.25, 0.3) is 0 Å². The van der Waals surface area contributed by atoms with Crippen molar-refractivity contribution in [1.29, 1.82) is 0 Å². The molecule has 0 amide bonds. The van der Waals surface area contributed by atoms with Crippen LogP contribution in [0.4, 0.5) is 0 Å². The first-order valence-corrected chi connectivity index (χ1v) is 9.23. The molecule has 3 rings (SSSR count). The van der Waals surface area contributed by atoms with Gasteiger partial charge in [0.1, 0.15) is 6.61 Å². The van der Waals surface area contributed by atoms with Crippen LogP contribution in [0.1, 0.15) is 65.7 Å². The Kier molecular flexibility index (Phi) is 4.18. The fourth-order valence-corrected chi connectivity index (χ4v) is 6.26. The quantitative estimate of drug-likeness (QED) is 0.598. The predicted octanol–water partition coefficient (Wildman–Crippen LogP) is 3.58. The molecule has 0 unspecified atom stereocenters. The van der Waals surface area contributed by atoms with Gasteiger partial charge < -0.3 is 10.2 Å². The minimum absolute atomic E-state index is 0.0346. The number of ketones is 2. The first-order valence-electron chi connectivity index (χ1n) is 9.23. The minimum atomic E-state index is -0.410. The summed E-state index contributed by atoms with van der Waals surface area (Å²) in [7, 11) is 0. The lowest BCUT2D eigenvalue weighted by Gasteiger charge is -2.62. The molecule has 3 fully saturated rings. The number of allylic oxidation sites excluding steroid dienone is 1. The maximum Gasteiger partial charge on any atom is 0.164 e. The van der Waals surface area contributed by atoms with Crippen molar-refractivity contribution in [2.45, 2.75) is 65.7 Å². The van der Waals surface area contributed by atoms with Gasteiger partial charge in [-0.2, -0.15) is 0 Å². The van der Waals surface area contributed by atoms with Crippen LogP contribution in [0.3, 0.4) is 0 Å². The van der Waals surface area contributed by atoms with Gasteiger partial charge in [0.15, 0.2) is 11.6 Å². The highest BCUT2D eigenvalue weighted by Crippen LogP contribution is 2.66. The van der Waals surface area contributed by atoms with E-state index in [4.69, 9.17) is 0 Å². The third-order valence-corrected chi connectivity index (χ3v) is 7.94. The number of fused-ring (bicyclic) bond motifs is 3. The molecule has 0 aromatic rings. The van der Waals surface area contributed by atoms with Crippen LogP contribution in [0.2, 0.25) is 0 Å². The normalized spacial score (nSPS) is 47.2. The maximum atomic E-state index is 12.3. The number of rotatable bonds is 2. The van der Waals surface area contributed by atoms with Crippen LogP contribution >= 0.6 is 0 Å². The van der Waals surface area contributed by atoms with Crippen LogP contribution in [-0.4, -0.2) is 28.4 Å². The average Bonchev–Trinajstić information content (AvgIpc) is 2.55. The van der Waals surface area contributed by atoms with Crippen LogP contribution in [0.5, 0.6) is 0 Å². The van der Waals surface area contributed by atoms with Gasteiger partial charge in [-0.05, 0) is 55.8 Å².